The van der Waals surface area contributed by atoms with E-state index in [1.165, 1.54) is 0 Å². The second-order valence-electron chi connectivity index (χ2n) is 8.33. The van der Waals surface area contributed by atoms with Crippen LogP contribution in [0.4, 0.5) is 0 Å². The fraction of sp³-hybridized carbons (Fsp3) is 0.320. The first-order valence-corrected chi connectivity index (χ1v) is 10.8. The van der Waals surface area contributed by atoms with Crippen LogP contribution in [0.3, 0.4) is 0 Å². The van der Waals surface area contributed by atoms with E-state index < -0.39 is 11.8 Å². The van der Waals surface area contributed by atoms with Gasteiger partial charge >= 0.3 is 0 Å². The SMILES string of the molecule is OC(CCOc1ccc2[nH]ccc2c1)N1CCC(O)(c2cnc3ccccc3c2)CC1. The first kappa shape index (κ1) is 20.0. The number of aliphatic hydroxyl groups excluding tert-OH is 1. The number of piperidine rings is 1. The van der Waals surface area contributed by atoms with E-state index in [9.17, 15) is 10.2 Å². The number of aromatic nitrogens is 2. The van der Waals surface area contributed by atoms with Crippen LogP contribution in [0.25, 0.3) is 21.8 Å². The molecule has 160 valence electrons. The lowest BCUT2D eigenvalue weighted by Crippen LogP contribution is -2.47. The van der Waals surface area contributed by atoms with Crippen LogP contribution in [0.2, 0.25) is 0 Å². The summed E-state index contributed by atoms with van der Waals surface area (Å²) in [7, 11) is 0. The summed E-state index contributed by atoms with van der Waals surface area (Å²) in [6, 6.07) is 17.9. The van der Waals surface area contributed by atoms with Crippen LogP contribution in [-0.4, -0.2) is 51.0 Å². The summed E-state index contributed by atoms with van der Waals surface area (Å²) in [4.78, 5) is 9.68. The van der Waals surface area contributed by atoms with E-state index in [0.29, 0.717) is 39.0 Å². The molecule has 1 aliphatic heterocycles. The maximum atomic E-state index is 11.2. The van der Waals surface area contributed by atoms with Crippen molar-refractivity contribution in [1.82, 2.24) is 14.9 Å². The van der Waals surface area contributed by atoms with Crippen LogP contribution in [0.5, 0.6) is 5.75 Å². The number of H-pyrrole nitrogens is 1. The van der Waals surface area contributed by atoms with Crippen LogP contribution < -0.4 is 4.74 Å². The monoisotopic (exact) mass is 417 g/mol. The molecule has 1 atom stereocenters. The number of fused-ring (bicyclic) bond motifs is 2. The second kappa shape index (κ2) is 8.30. The second-order valence-corrected chi connectivity index (χ2v) is 8.33. The molecular weight excluding hydrogens is 390 g/mol. The Bertz CT molecular complexity index is 1180. The van der Waals surface area contributed by atoms with Gasteiger partial charge in [-0.1, -0.05) is 18.2 Å². The molecule has 2 aromatic carbocycles. The number of hydrogen-bond donors (Lipinski definition) is 3. The van der Waals surface area contributed by atoms with Crippen molar-refractivity contribution in [2.75, 3.05) is 19.7 Å². The van der Waals surface area contributed by atoms with Crippen molar-refractivity contribution in [2.24, 2.45) is 0 Å². The first-order valence-electron chi connectivity index (χ1n) is 10.8. The van der Waals surface area contributed by atoms with E-state index in [0.717, 1.165) is 33.1 Å². The topological polar surface area (TPSA) is 81.6 Å². The van der Waals surface area contributed by atoms with Crippen molar-refractivity contribution in [2.45, 2.75) is 31.1 Å². The Hall–Kier alpha value is -2.93. The van der Waals surface area contributed by atoms with Crippen LogP contribution >= 0.6 is 0 Å². The molecule has 6 heteroatoms. The number of hydrogen-bond acceptors (Lipinski definition) is 5. The third-order valence-electron chi connectivity index (χ3n) is 6.34. The molecule has 0 amide bonds. The van der Waals surface area contributed by atoms with Gasteiger partial charge < -0.3 is 19.9 Å². The molecule has 2 aromatic heterocycles. The number of likely N-dealkylation sites (tertiary alicyclic amines) is 1. The maximum absolute atomic E-state index is 11.2. The minimum absolute atomic E-state index is 0.437. The highest BCUT2D eigenvalue weighted by Gasteiger charge is 2.36. The number of aliphatic hydroxyl groups is 2. The van der Waals surface area contributed by atoms with E-state index >= 15 is 0 Å². The minimum atomic E-state index is -0.907. The molecule has 1 aliphatic rings. The van der Waals surface area contributed by atoms with Crippen LogP contribution in [0.1, 0.15) is 24.8 Å². The zero-order chi connectivity index (χ0) is 21.3. The molecule has 0 spiro atoms. The Morgan fingerprint density at radius 1 is 1.06 bits per heavy atom. The van der Waals surface area contributed by atoms with Gasteiger partial charge in [0, 0.05) is 53.8 Å². The lowest BCUT2D eigenvalue weighted by molar-refractivity contribution is -0.0819. The molecule has 3 N–H and O–H groups in total. The van der Waals surface area contributed by atoms with Gasteiger partial charge in [-0.2, -0.15) is 0 Å². The Morgan fingerprint density at radius 3 is 2.77 bits per heavy atom. The third kappa shape index (κ3) is 4.14. The van der Waals surface area contributed by atoms with Gasteiger partial charge in [-0.25, -0.2) is 0 Å². The zero-order valence-electron chi connectivity index (χ0n) is 17.4. The van der Waals surface area contributed by atoms with Crippen molar-refractivity contribution in [3.05, 3.63) is 72.6 Å². The molecule has 0 aliphatic carbocycles. The summed E-state index contributed by atoms with van der Waals surface area (Å²) in [5.41, 5.74) is 1.95. The summed E-state index contributed by atoms with van der Waals surface area (Å²) in [6.07, 6.45) is 4.74. The first-order chi connectivity index (χ1) is 15.1. The normalized spacial score (nSPS) is 17.7. The number of rotatable bonds is 6. The highest BCUT2D eigenvalue weighted by Crippen LogP contribution is 2.34. The number of nitrogens with zero attached hydrogens (tertiary/aromatic N) is 2. The van der Waals surface area contributed by atoms with Crippen LogP contribution in [0.15, 0.2) is 67.0 Å². The number of aromatic amines is 1. The van der Waals surface area contributed by atoms with Crippen molar-refractivity contribution in [3.63, 3.8) is 0 Å². The van der Waals surface area contributed by atoms with E-state index in [2.05, 4.69) is 9.97 Å². The molecule has 0 saturated carbocycles. The fourth-order valence-corrected chi connectivity index (χ4v) is 4.39. The van der Waals surface area contributed by atoms with E-state index in [4.69, 9.17) is 4.74 Å². The van der Waals surface area contributed by atoms with Crippen LogP contribution in [0, 0.1) is 0 Å². The van der Waals surface area contributed by atoms with E-state index in [-0.39, 0.29) is 0 Å². The summed E-state index contributed by atoms with van der Waals surface area (Å²) in [5, 5.41) is 24.0. The molecule has 1 unspecified atom stereocenters. The van der Waals surface area contributed by atoms with Gasteiger partial charge in [0.25, 0.3) is 0 Å². The number of nitrogens with one attached hydrogen (secondary N) is 1. The summed E-state index contributed by atoms with van der Waals surface area (Å²) in [6.45, 7) is 1.69. The predicted molar refractivity (Wildman–Crippen MR) is 121 cm³/mol. The summed E-state index contributed by atoms with van der Waals surface area (Å²) >= 11 is 0. The lowest BCUT2D eigenvalue weighted by Gasteiger charge is -2.40. The Kier molecular flexibility index (Phi) is 5.36. The number of ether oxygens (including phenoxy) is 1. The highest BCUT2D eigenvalue weighted by atomic mass is 16.5. The number of benzene rings is 2. The molecule has 4 aromatic rings. The van der Waals surface area contributed by atoms with Gasteiger partial charge in [0.1, 0.15) is 12.0 Å². The Morgan fingerprint density at radius 2 is 1.90 bits per heavy atom. The van der Waals surface area contributed by atoms with Crippen LogP contribution in [-0.2, 0) is 5.60 Å². The number of para-hydroxylation sites is 1. The average Bonchev–Trinajstić information content (AvgIpc) is 3.27. The Labute approximate surface area is 181 Å². The molecule has 1 fully saturated rings. The standard InChI is InChI=1S/C25H27N3O3/c29-24(8-14-31-21-5-6-23-19(16-21)7-11-26-23)28-12-9-25(30,10-13-28)20-15-18-3-1-2-4-22(18)27-17-20/h1-7,11,15-17,24,26,29-30H,8-10,12-14H2. The zero-order valence-corrected chi connectivity index (χ0v) is 17.4. The molecular formula is C25H27N3O3. The van der Waals surface area contributed by atoms with E-state index in [1.54, 1.807) is 6.20 Å². The molecule has 1 saturated heterocycles. The quantitative estimate of drug-likeness (QED) is 0.445. The molecule has 31 heavy (non-hydrogen) atoms. The molecule has 5 rings (SSSR count). The Balaban J connectivity index is 1.15. The van der Waals surface area contributed by atoms with Gasteiger partial charge in [-0.15, -0.1) is 0 Å². The molecule has 0 bridgehead atoms. The minimum Gasteiger partial charge on any atom is -0.493 e. The average molecular weight is 418 g/mol. The number of pyridine rings is 1. The van der Waals surface area contributed by atoms with Crippen molar-refractivity contribution >= 4 is 21.8 Å². The van der Waals surface area contributed by atoms with Gasteiger partial charge in [-0.3, -0.25) is 9.88 Å². The van der Waals surface area contributed by atoms with Crippen molar-refractivity contribution < 1.29 is 14.9 Å². The van der Waals surface area contributed by atoms with Gasteiger partial charge in [0.05, 0.1) is 17.7 Å². The van der Waals surface area contributed by atoms with Crippen molar-refractivity contribution in [1.29, 1.82) is 0 Å². The summed E-state index contributed by atoms with van der Waals surface area (Å²) < 4.78 is 5.84. The molecule has 6 nitrogen and oxygen atoms in total. The fourth-order valence-electron chi connectivity index (χ4n) is 4.39. The largest absolute Gasteiger partial charge is 0.493 e. The van der Waals surface area contributed by atoms with Gasteiger partial charge in [0.2, 0.25) is 0 Å². The van der Waals surface area contributed by atoms with Crippen molar-refractivity contribution in [3.8, 4) is 5.75 Å². The lowest BCUT2D eigenvalue weighted by atomic mass is 9.84. The highest BCUT2D eigenvalue weighted by molar-refractivity contribution is 5.80. The van der Waals surface area contributed by atoms with Gasteiger partial charge in [-0.05, 0) is 49.2 Å². The maximum Gasteiger partial charge on any atom is 0.120 e. The molecule has 0 radical (unpaired) electrons. The summed E-state index contributed by atoms with van der Waals surface area (Å²) in [5.74, 6) is 0.802. The molecule has 3 heterocycles. The van der Waals surface area contributed by atoms with Gasteiger partial charge in [0.15, 0.2) is 0 Å². The smallest absolute Gasteiger partial charge is 0.120 e. The predicted octanol–water partition coefficient (Wildman–Crippen LogP) is 3.79. The van der Waals surface area contributed by atoms with E-state index in [1.807, 2.05) is 65.7 Å². The third-order valence-corrected chi connectivity index (χ3v) is 6.34.